The van der Waals surface area contributed by atoms with E-state index in [9.17, 15) is 0 Å². The molecule has 0 spiro atoms. The van der Waals surface area contributed by atoms with Crippen molar-refractivity contribution in [1.29, 1.82) is 0 Å². The Balaban J connectivity index is 2.31. The number of fused-ring (bicyclic) bond motifs is 1. The standard InChI is InChI=1S/C11H14BrNO3/c1-7(6-16-13)8-4-9(12)11-10(5-8)14-2-3-15-11/h4-5,7H,2-3,6,13H2,1H3. The molecule has 2 rings (SSSR count). The smallest absolute Gasteiger partial charge is 0.175 e. The quantitative estimate of drug-likeness (QED) is 0.866. The summed E-state index contributed by atoms with van der Waals surface area (Å²) in [7, 11) is 0. The van der Waals surface area contributed by atoms with Crippen LogP contribution < -0.4 is 15.4 Å². The molecule has 0 saturated heterocycles. The molecule has 1 heterocycles. The number of halogens is 1. The molecule has 16 heavy (non-hydrogen) atoms. The van der Waals surface area contributed by atoms with Gasteiger partial charge in [-0.3, -0.25) is 0 Å². The van der Waals surface area contributed by atoms with Crippen molar-refractivity contribution in [3.8, 4) is 11.5 Å². The lowest BCUT2D eigenvalue weighted by molar-refractivity contribution is 0.126. The van der Waals surface area contributed by atoms with Crippen LogP contribution in [0.2, 0.25) is 0 Å². The van der Waals surface area contributed by atoms with Crippen molar-refractivity contribution in [2.45, 2.75) is 12.8 Å². The van der Waals surface area contributed by atoms with Gasteiger partial charge in [0, 0.05) is 5.92 Å². The molecule has 5 heteroatoms. The van der Waals surface area contributed by atoms with E-state index in [1.165, 1.54) is 0 Å². The molecule has 1 aliphatic rings. The van der Waals surface area contributed by atoms with Gasteiger partial charge in [-0.05, 0) is 33.6 Å². The number of ether oxygens (including phenoxy) is 2. The van der Waals surface area contributed by atoms with Crippen LogP contribution in [0.1, 0.15) is 18.4 Å². The molecule has 2 N–H and O–H groups in total. The molecule has 0 saturated carbocycles. The van der Waals surface area contributed by atoms with Crippen LogP contribution in [-0.4, -0.2) is 19.8 Å². The summed E-state index contributed by atoms with van der Waals surface area (Å²) in [6.45, 7) is 3.70. The van der Waals surface area contributed by atoms with Gasteiger partial charge in [0.1, 0.15) is 13.2 Å². The van der Waals surface area contributed by atoms with Crippen molar-refractivity contribution >= 4 is 15.9 Å². The first-order valence-electron chi connectivity index (χ1n) is 5.13. The van der Waals surface area contributed by atoms with Crippen LogP contribution in [0.15, 0.2) is 16.6 Å². The normalized spacial score (nSPS) is 15.9. The highest BCUT2D eigenvalue weighted by atomic mass is 79.9. The van der Waals surface area contributed by atoms with Gasteiger partial charge in [-0.1, -0.05) is 6.92 Å². The molecular weight excluding hydrogens is 274 g/mol. The van der Waals surface area contributed by atoms with Crippen molar-refractivity contribution < 1.29 is 14.3 Å². The molecular formula is C11H14BrNO3. The molecule has 1 aliphatic heterocycles. The van der Waals surface area contributed by atoms with E-state index in [0.717, 1.165) is 21.5 Å². The summed E-state index contributed by atoms with van der Waals surface area (Å²) in [5, 5.41) is 0. The summed E-state index contributed by atoms with van der Waals surface area (Å²) in [6, 6.07) is 3.99. The Bertz CT molecular complexity index is 384. The lowest BCUT2D eigenvalue weighted by Crippen LogP contribution is -2.16. The van der Waals surface area contributed by atoms with Gasteiger partial charge >= 0.3 is 0 Å². The third-order valence-electron chi connectivity index (χ3n) is 2.53. The molecule has 4 nitrogen and oxygen atoms in total. The third-order valence-corrected chi connectivity index (χ3v) is 3.12. The van der Waals surface area contributed by atoms with E-state index < -0.39 is 0 Å². The Morgan fingerprint density at radius 3 is 2.94 bits per heavy atom. The Kier molecular flexibility index (Phi) is 3.68. The van der Waals surface area contributed by atoms with Gasteiger partial charge in [-0.15, -0.1) is 0 Å². The first-order valence-corrected chi connectivity index (χ1v) is 5.92. The minimum Gasteiger partial charge on any atom is -0.486 e. The average molecular weight is 288 g/mol. The second-order valence-corrected chi connectivity index (χ2v) is 4.62. The Hall–Kier alpha value is -0.780. The van der Waals surface area contributed by atoms with Crippen molar-refractivity contribution in [2.24, 2.45) is 5.90 Å². The van der Waals surface area contributed by atoms with Gasteiger partial charge < -0.3 is 14.3 Å². The molecule has 0 fully saturated rings. The first kappa shape index (κ1) is 11.7. The maximum absolute atomic E-state index is 5.55. The molecule has 0 aliphatic carbocycles. The summed E-state index contributed by atoms with van der Waals surface area (Å²) < 4.78 is 12.0. The molecule has 1 aromatic carbocycles. The Morgan fingerprint density at radius 2 is 2.19 bits per heavy atom. The van der Waals surface area contributed by atoms with E-state index in [0.29, 0.717) is 19.8 Å². The molecule has 1 unspecified atom stereocenters. The minimum atomic E-state index is 0.220. The monoisotopic (exact) mass is 287 g/mol. The van der Waals surface area contributed by atoms with Crippen molar-refractivity contribution in [1.82, 2.24) is 0 Å². The van der Waals surface area contributed by atoms with Crippen LogP contribution >= 0.6 is 15.9 Å². The molecule has 1 aromatic rings. The van der Waals surface area contributed by atoms with Crippen LogP contribution in [0.4, 0.5) is 0 Å². The number of rotatable bonds is 3. The van der Waals surface area contributed by atoms with Crippen LogP contribution in [0, 0.1) is 0 Å². The lowest BCUT2D eigenvalue weighted by atomic mass is 10.0. The van der Waals surface area contributed by atoms with E-state index >= 15 is 0 Å². The molecule has 1 atom stereocenters. The van der Waals surface area contributed by atoms with Crippen LogP contribution in [0.5, 0.6) is 11.5 Å². The van der Waals surface area contributed by atoms with Gasteiger partial charge in [0.2, 0.25) is 0 Å². The summed E-state index contributed by atoms with van der Waals surface area (Å²) >= 11 is 3.48. The number of benzene rings is 1. The van der Waals surface area contributed by atoms with Gasteiger partial charge in [0.25, 0.3) is 0 Å². The predicted octanol–water partition coefficient (Wildman–Crippen LogP) is 2.21. The molecule has 0 amide bonds. The summed E-state index contributed by atoms with van der Waals surface area (Å²) in [4.78, 5) is 4.65. The summed E-state index contributed by atoms with van der Waals surface area (Å²) in [6.07, 6.45) is 0. The fraction of sp³-hybridized carbons (Fsp3) is 0.455. The van der Waals surface area contributed by atoms with E-state index in [2.05, 4.69) is 20.8 Å². The molecule has 88 valence electrons. The molecule has 0 aromatic heterocycles. The second-order valence-electron chi connectivity index (χ2n) is 3.76. The second kappa shape index (κ2) is 5.03. The van der Waals surface area contributed by atoms with E-state index in [1.807, 2.05) is 19.1 Å². The number of hydrogen-bond acceptors (Lipinski definition) is 4. The number of hydrogen-bond donors (Lipinski definition) is 1. The predicted molar refractivity (Wildman–Crippen MR) is 63.7 cm³/mol. The van der Waals surface area contributed by atoms with Gasteiger partial charge in [-0.25, -0.2) is 5.90 Å². The zero-order chi connectivity index (χ0) is 11.5. The van der Waals surface area contributed by atoms with Crippen molar-refractivity contribution in [2.75, 3.05) is 19.8 Å². The van der Waals surface area contributed by atoms with Crippen molar-refractivity contribution in [3.05, 3.63) is 22.2 Å². The maximum Gasteiger partial charge on any atom is 0.175 e. The van der Waals surface area contributed by atoms with Crippen LogP contribution in [0.3, 0.4) is 0 Å². The number of nitrogens with two attached hydrogens (primary N) is 1. The zero-order valence-corrected chi connectivity index (χ0v) is 10.6. The van der Waals surface area contributed by atoms with Crippen molar-refractivity contribution in [3.63, 3.8) is 0 Å². The lowest BCUT2D eigenvalue weighted by Gasteiger charge is -2.21. The zero-order valence-electron chi connectivity index (χ0n) is 9.03. The fourth-order valence-electron chi connectivity index (χ4n) is 1.66. The van der Waals surface area contributed by atoms with E-state index in [1.54, 1.807) is 0 Å². The Morgan fingerprint density at radius 1 is 1.44 bits per heavy atom. The topological polar surface area (TPSA) is 53.7 Å². The summed E-state index contributed by atoms with van der Waals surface area (Å²) in [5.41, 5.74) is 1.11. The highest BCUT2D eigenvalue weighted by molar-refractivity contribution is 9.10. The Labute approximate surface area is 103 Å². The fourth-order valence-corrected chi connectivity index (χ4v) is 2.23. The maximum atomic E-state index is 5.55. The van der Waals surface area contributed by atoms with E-state index in [-0.39, 0.29) is 5.92 Å². The van der Waals surface area contributed by atoms with Gasteiger partial charge in [-0.2, -0.15) is 0 Å². The molecule has 0 radical (unpaired) electrons. The largest absolute Gasteiger partial charge is 0.486 e. The SMILES string of the molecule is CC(CON)c1cc(Br)c2c(c1)OCCO2. The summed E-state index contributed by atoms with van der Waals surface area (Å²) in [5.74, 6) is 6.85. The molecule has 0 bridgehead atoms. The highest BCUT2D eigenvalue weighted by Gasteiger charge is 2.18. The minimum absolute atomic E-state index is 0.220. The van der Waals surface area contributed by atoms with Gasteiger partial charge in [0.15, 0.2) is 11.5 Å². The third kappa shape index (κ3) is 2.31. The van der Waals surface area contributed by atoms with Crippen LogP contribution in [-0.2, 0) is 4.84 Å². The van der Waals surface area contributed by atoms with Crippen LogP contribution in [0.25, 0.3) is 0 Å². The highest BCUT2D eigenvalue weighted by Crippen LogP contribution is 2.40. The van der Waals surface area contributed by atoms with E-state index in [4.69, 9.17) is 15.4 Å². The van der Waals surface area contributed by atoms with Gasteiger partial charge in [0.05, 0.1) is 11.1 Å². The first-order chi connectivity index (χ1) is 7.72. The average Bonchev–Trinajstić information content (AvgIpc) is 2.29.